The normalized spacial score (nSPS) is 22.0. The van der Waals surface area contributed by atoms with E-state index in [0.717, 1.165) is 27.6 Å². The molecule has 134 valence electrons. The molecular formula is C24H21O2P. The van der Waals surface area contributed by atoms with Gasteiger partial charge in [0, 0.05) is 12.4 Å². The van der Waals surface area contributed by atoms with Crippen LogP contribution in [0.25, 0.3) is 10.9 Å². The van der Waals surface area contributed by atoms with Crippen LogP contribution in [0.4, 0.5) is 0 Å². The molecule has 3 heteroatoms. The number of hydrogen-bond acceptors (Lipinski definition) is 2. The number of benzene rings is 3. The van der Waals surface area contributed by atoms with E-state index in [1.54, 1.807) is 7.11 Å². The average Bonchev–Trinajstić information content (AvgIpc) is 2.75. The Morgan fingerprint density at radius 1 is 0.741 bits per heavy atom. The van der Waals surface area contributed by atoms with Crippen LogP contribution in [0.15, 0.2) is 103 Å². The summed E-state index contributed by atoms with van der Waals surface area (Å²) in [4.78, 5) is 0. The van der Waals surface area contributed by atoms with Crippen LogP contribution in [0.5, 0.6) is 0 Å². The van der Waals surface area contributed by atoms with Crippen molar-refractivity contribution in [3.63, 3.8) is 0 Å². The second-order valence-electron chi connectivity index (χ2n) is 6.52. The van der Waals surface area contributed by atoms with Gasteiger partial charge in [-0.05, 0) is 28.3 Å². The predicted molar refractivity (Wildman–Crippen MR) is 113 cm³/mol. The highest BCUT2D eigenvalue weighted by Crippen LogP contribution is 2.71. The third-order valence-corrected chi connectivity index (χ3v) is 7.70. The maximum absolute atomic E-state index is 14.1. The van der Waals surface area contributed by atoms with E-state index in [9.17, 15) is 4.57 Å². The Kier molecular flexibility index (Phi) is 4.94. The van der Waals surface area contributed by atoms with Crippen LogP contribution >= 0.6 is 7.37 Å². The summed E-state index contributed by atoms with van der Waals surface area (Å²) in [6.07, 6.45) is 4.11. The molecule has 0 saturated heterocycles. The second-order valence-corrected chi connectivity index (χ2v) is 9.12. The van der Waals surface area contributed by atoms with Crippen LogP contribution in [0, 0.1) is 0 Å². The van der Waals surface area contributed by atoms with E-state index < -0.39 is 7.37 Å². The van der Waals surface area contributed by atoms with E-state index >= 15 is 0 Å². The van der Waals surface area contributed by atoms with Gasteiger partial charge < -0.3 is 4.52 Å². The van der Waals surface area contributed by atoms with Crippen LogP contribution in [0.2, 0.25) is 0 Å². The first-order chi connectivity index (χ1) is 13.2. The van der Waals surface area contributed by atoms with Crippen molar-refractivity contribution in [2.24, 2.45) is 0 Å². The average molecular weight is 372 g/mol. The van der Waals surface area contributed by atoms with Gasteiger partial charge in [-0.1, -0.05) is 97.1 Å². The Bertz CT molecular complexity index is 1020. The van der Waals surface area contributed by atoms with Crippen molar-refractivity contribution < 1.29 is 9.09 Å². The lowest BCUT2D eigenvalue weighted by atomic mass is 10.00. The molecule has 1 heterocycles. The molecule has 0 amide bonds. The van der Waals surface area contributed by atoms with Crippen molar-refractivity contribution in [1.82, 2.24) is 0 Å². The lowest BCUT2D eigenvalue weighted by molar-refractivity contribution is 0.398. The first kappa shape index (κ1) is 17.7. The zero-order chi connectivity index (χ0) is 18.7. The van der Waals surface area contributed by atoms with Gasteiger partial charge in [0.2, 0.25) is 7.37 Å². The molecule has 2 unspecified atom stereocenters. The van der Waals surface area contributed by atoms with Gasteiger partial charge >= 0.3 is 0 Å². The molecule has 0 aromatic heterocycles. The molecule has 0 radical (unpaired) electrons. The molecule has 3 aromatic rings. The molecule has 0 N–H and O–H groups in total. The molecule has 2 nitrogen and oxygen atoms in total. The van der Waals surface area contributed by atoms with Crippen LogP contribution < -0.4 is 0 Å². The van der Waals surface area contributed by atoms with E-state index in [4.69, 9.17) is 4.52 Å². The van der Waals surface area contributed by atoms with Crippen molar-refractivity contribution in [3.8, 4) is 0 Å². The molecule has 27 heavy (non-hydrogen) atoms. The molecule has 0 bridgehead atoms. The SMILES string of the molecule is COP1(=O)C(c2ccccc2)=CC(c2ccccc2)=CC1c1ccccc1. The third-order valence-electron chi connectivity index (χ3n) is 4.92. The Balaban J connectivity index is 1.94. The monoisotopic (exact) mass is 372 g/mol. The summed E-state index contributed by atoms with van der Waals surface area (Å²) in [5.74, 6) is 0. The van der Waals surface area contributed by atoms with Gasteiger partial charge in [-0.3, -0.25) is 4.57 Å². The summed E-state index contributed by atoms with van der Waals surface area (Å²) in [5.41, 5.74) is 3.78. The van der Waals surface area contributed by atoms with Gasteiger partial charge in [0.05, 0.1) is 5.66 Å². The summed E-state index contributed by atoms with van der Waals surface area (Å²) >= 11 is 0. The number of hydrogen-bond donors (Lipinski definition) is 0. The fraction of sp³-hybridized carbons (Fsp3) is 0.0833. The Hall–Kier alpha value is -2.67. The third kappa shape index (κ3) is 3.35. The van der Waals surface area contributed by atoms with Gasteiger partial charge in [0.15, 0.2) is 0 Å². The number of rotatable bonds is 4. The minimum Gasteiger partial charge on any atom is -0.328 e. The van der Waals surface area contributed by atoms with Crippen molar-refractivity contribution in [2.75, 3.05) is 7.11 Å². The molecule has 0 spiro atoms. The van der Waals surface area contributed by atoms with Crippen molar-refractivity contribution in [2.45, 2.75) is 5.66 Å². The van der Waals surface area contributed by atoms with Crippen LogP contribution in [-0.4, -0.2) is 7.11 Å². The highest BCUT2D eigenvalue weighted by atomic mass is 31.2. The van der Waals surface area contributed by atoms with E-state index in [1.165, 1.54) is 0 Å². The second kappa shape index (κ2) is 7.52. The summed E-state index contributed by atoms with van der Waals surface area (Å²) in [6.45, 7) is 0. The first-order valence-electron chi connectivity index (χ1n) is 8.98. The molecular weight excluding hydrogens is 351 g/mol. The molecule has 0 aliphatic carbocycles. The zero-order valence-corrected chi connectivity index (χ0v) is 16.1. The van der Waals surface area contributed by atoms with E-state index in [1.807, 2.05) is 84.9 Å². The molecule has 2 atom stereocenters. The van der Waals surface area contributed by atoms with Gasteiger partial charge in [-0.15, -0.1) is 0 Å². The van der Waals surface area contributed by atoms with E-state index in [-0.39, 0.29) is 5.66 Å². The Morgan fingerprint density at radius 3 is 1.81 bits per heavy atom. The Morgan fingerprint density at radius 2 is 1.26 bits per heavy atom. The minimum atomic E-state index is -3.13. The van der Waals surface area contributed by atoms with Gasteiger partial charge in [-0.25, -0.2) is 0 Å². The fourth-order valence-electron chi connectivity index (χ4n) is 3.54. The van der Waals surface area contributed by atoms with E-state index in [2.05, 4.69) is 18.2 Å². The minimum absolute atomic E-state index is 0.320. The van der Waals surface area contributed by atoms with Crippen LogP contribution in [0.1, 0.15) is 22.3 Å². The molecule has 4 rings (SSSR count). The van der Waals surface area contributed by atoms with Crippen molar-refractivity contribution in [3.05, 3.63) is 120 Å². The fourth-order valence-corrected chi connectivity index (χ4v) is 6.01. The number of allylic oxidation sites excluding steroid dienone is 3. The highest BCUT2D eigenvalue weighted by molar-refractivity contribution is 7.70. The highest BCUT2D eigenvalue weighted by Gasteiger charge is 2.40. The molecule has 1 aliphatic rings. The lowest BCUT2D eigenvalue weighted by Gasteiger charge is -2.31. The molecule has 1 aliphatic heterocycles. The first-order valence-corrected chi connectivity index (χ1v) is 10.7. The standard InChI is InChI=1S/C24H21O2P/c1-26-27(25)23(20-13-7-3-8-14-20)17-22(19-11-5-2-6-12-19)18-24(27)21-15-9-4-10-16-21/h2-18,23H,1H3. The molecule has 0 saturated carbocycles. The maximum atomic E-state index is 14.1. The summed E-state index contributed by atoms with van der Waals surface area (Å²) in [5, 5.41) is 0.765. The summed E-state index contributed by atoms with van der Waals surface area (Å²) < 4.78 is 19.8. The van der Waals surface area contributed by atoms with Crippen LogP contribution in [0.3, 0.4) is 0 Å². The zero-order valence-electron chi connectivity index (χ0n) is 15.2. The van der Waals surface area contributed by atoms with Crippen molar-refractivity contribution >= 4 is 18.3 Å². The Labute approximate surface area is 160 Å². The topological polar surface area (TPSA) is 26.3 Å². The van der Waals surface area contributed by atoms with Gasteiger partial charge in [0.1, 0.15) is 0 Å². The predicted octanol–water partition coefficient (Wildman–Crippen LogP) is 6.79. The maximum Gasteiger partial charge on any atom is 0.243 e. The smallest absolute Gasteiger partial charge is 0.243 e. The molecule has 0 fully saturated rings. The van der Waals surface area contributed by atoms with Crippen molar-refractivity contribution in [1.29, 1.82) is 0 Å². The summed E-state index contributed by atoms with van der Waals surface area (Å²) in [7, 11) is -1.58. The molecule has 3 aromatic carbocycles. The van der Waals surface area contributed by atoms with Gasteiger partial charge in [0.25, 0.3) is 0 Å². The largest absolute Gasteiger partial charge is 0.328 e. The van der Waals surface area contributed by atoms with Gasteiger partial charge in [-0.2, -0.15) is 0 Å². The van der Waals surface area contributed by atoms with Crippen LogP contribution in [-0.2, 0) is 9.09 Å². The summed E-state index contributed by atoms with van der Waals surface area (Å²) in [6, 6.07) is 30.1. The van der Waals surface area contributed by atoms with E-state index in [0.29, 0.717) is 0 Å². The quantitative estimate of drug-likeness (QED) is 0.471. The lowest BCUT2D eigenvalue weighted by Crippen LogP contribution is -2.07.